The van der Waals surface area contributed by atoms with Crippen LogP contribution in [0.2, 0.25) is 10.0 Å². The van der Waals surface area contributed by atoms with Gasteiger partial charge >= 0.3 is 0 Å². The van der Waals surface area contributed by atoms with Crippen molar-refractivity contribution in [2.45, 2.75) is 0 Å². The Labute approximate surface area is 142 Å². The molecule has 0 aliphatic rings. The van der Waals surface area contributed by atoms with Gasteiger partial charge in [-0.2, -0.15) is 0 Å². The minimum atomic E-state index is 0.365. The van der Waals surface area contributed by atoms with Crippen LogP contribution in [0.4, 0.5) is 5.69 Å². The first-order chi connectivity index (χ1) is 10.5. The summed E-state index contributed by atoms with van der Waals surface area (Å²) in [5.74, 6) is 0. The molecule has 3 rings (SSSR count). The van der Waals surface area contributed by atoms with Crippen molar-refractivity contribution in [1.29, 1.82) is 0 Å². The van der Waals surface area contributed by atoms with Crippen molar-refractivity contribution in [3.8, 4) is 22.5 Å². The molecule has 0 saturated carbocycles. The van der Waals surface area contributed by atoms with Crippen molar-refractivity contribution in [3.63, 3.8) is 0 Å². The van der Waals surface area contributed by atoms with E-state index < -0.39 is 0 Å². The summed E-state index contributed by atoms with van der Waals surface area (Å²) in [6.45, 7) is 0. The molecule has 1 aromatic heterocycles. The number of nitrogens with zero attached hydrogens (tertiary/aromatic N) is 1. The fraction of sp³-hybridized carbons (Fsp3) is 0. The third kappa shape index (κ3) is 2.99. The topological polar surface area (TPSA) is 54.7 Å². The highest BCUT2D eigenvalue weighted by Crippen LogP contribution is 2.32. The highest BCUT2D eigenvalue weighted by atomic mass is 35.5. The lowest BCUT2D eigenvalue weighted by Gasteiger charge is -2.11. The maximum atomic E-state index is 6.29. The Morgan fingerprint density at radius 2 is 1.36 bits per heavy atom. The van der Waals surface area contributed by atoms with Crippen LogP contribution in [0.1, 0.15) is 0 Å². The average Bonchev–Trinajstić information content (AvgIpc) is 2.51. The lowest BCUT2D eigenvalue weighted by Crippen LogP contribution is -2.00. The molecular weight excluding hydrogens is 337 g/mol. The third-order valence-electron chi connectivity index (χ3n) is 3.22. The Hall–Kier alpha value is -1.88. The fourth-order valence-corrected chi connectivity index (χ4v) is 2.60. The molecule has 0 fully saturated rings. The molecule has 110 valence electrons. The first-order valence-electron chi connectivity index (χ1n) is 6.46. The average molecular weight is 348 g/mol. The molecule has 3 nitrogen and oxygen atoms in total. The van der Waals surface area contributed by atoms with Crippen molar-refractivity contribution < 1.29 is 0 Å². The van der Waals surface area contributed by atoms with Gasteiger partial charge in [0.1, 0.15) is 0 Å². The van der Waals surface area contributed by atoms with Crippen LogP contribution in [-0.2, 0) is 0 Å². The quantitative estimate of drug-likeness (QED) is 0.613. The maximum Gasteiger partial charge on any atom is 0.197 e. The molecule has 0 aliphatic heterocycles. The van der Waals surface area contributed by atoms with Gasteiger partial charge in [-0.25, -0.2) is 4.98 Å². The number of rotatable bonds is 2. The third-order valence-corrected chi connectivity index (χ3v) is 3.92. The smallest absolute Gasteiger partial charge is 0.197 e. The van der Waals surface area contributed by atoms with E-state index in [4.69, 9.17) is 41.2 Å². The van der Waals surface area contributed by atoms with E-state index in [0.717, 1.165) is 16.8 Å². The van der Waals surface area contributed by atoms with E-state index in [9.17, 15) is 0 Å². The van der Waals surface area contributed by atoms with Crippen molar-refractivity contribution in [1.82, 2.24) is 9.97 Å². The highest BCUT2D eigenvalue weighted by molar-refractivity contribution is 7.71. The molecule has 2 aromatic carbocycles. The second-order valence-electron chi connectivity index (χ2n) is 4.69. The van der Waals surface area contributed by atoms with Gasteiger partial charge in [0.25, 0.3) is 0 Å². The molecule has 0 unspecified atom stereocenters. The van der Waals surface area contributed by atoms with Crippen LogP contribution in [0, 0.1) is 4.77 Å². The molecule has 0 radical (unpaired) electrons. The summed E-state index contributed by atoms with van der Waals surface area (Å²) in [4.78, 5) is 7.38. The van der Waals surface area contributed by atoms with Gasteiger partial charge in [-0.05, 0) is 36.5 Å². The first-order valence-corrected chi connectivity index (χ1v) is 7.62. The second kappa shape index (κ2) is 6.08. The molecule has 0 amide bonds. The lowest BCUT2D eigenvalue weighted by atomic mass is 10.1. The normalized spacial score (nSPS) is 10.6. The number of nitrogens with one attached hydrogen (secondary N) is 1. The van der Waals surface area contributed by atoms with Crippen LogP contribution in [-0.4, -0.2) is 9.97 Å². The van der Waals surface area contributed by atoms with E-state index in [0.29, 0.717) is 26.2 Å². The number of hydrogen-bond donors (Lipinski definition) is 2. The van der Waals surface area contributed by atoms with Crippen LogP contribution < -0.4 is 5.73 Å². The summed E-state index contributed by atoms with van der Waals surface area (Å²) in [5, 5.41) is 1.31. The minimum Gasteiger partial charge on any atom is -0.395 e. The first kappa shape index (κ1) is 15.0. The van der Waals surface area contributed by atoms with Gasteiger partial charge in [0.15, 0.2) is 4.77 Å². The molecule has 3 N–H and O–H groups in total. The molecule has 1 heterocycles. The number of nitrogen functional groups attached to an aromatic ring is 1. The molecule has 22 heavy (non-hydrogen) atoms. The maximum absolute atomic E-state index is 6.29. The molecule has 6 heteroatoms. The summed E-state index contributed by atoms with van der Waals surface area (Å²) in [7, 11) is 0. The number of halogens is 2. The van der Waals surface area contributed by atoms with Gasteiger partial charge in [-0.15, -0.1) is 0 Å². The van der Waals surface area contributed by atoms with E-state index in [1.165, 1.54) is 0 Å². The summed E-state index contributed by atoms with van der Waals surface area (Å²) < 4.78 is 0.365. The zero-order chi connectivity index (χ0) is 15.7. The minimum absolute atomic E-state index is 0.365. The largest absolute Gasteiger partial charge is 0.395 e. The Bertz CT molecular complexity index is 802. The van der Waals surface area contributed by atoms with Gasteiger partial charge in [-0.1, -0.05) is 47.5 Å². The van der Waals surface area contributed by atoms with E-state index >= 15 is 0 Å². The lowest BCUT2D eigenvalue weighted by molar-refractivity contribution is 1.15. The SMILES string of the molecule is Nc1c(-c2ccc(Cl)cc2)nc(=S)[nH]c1-c1ccc(Cl)cc1. The number of aromatic amines is 1. The highest BCUT2D eigenvalue weighted by Gasteiger charge is 2.12. The molecule has 0 atom stereocenters. The van der Waals surface area contributed by atoms with Crippen LogP contribution in [0.25, 0.3) is 22.5 Å². The monoisotopic (exact) mass is 347 g/mol. The van der Waals surface area contributed by atoms with Gasteiger partial charge in [0, 0.05) is 21.2 Å². The van der Waals surface area contributed by atoms with E-state index in [2.05, 4.69) is 9.97 Å². The van der Waals surface area contributed by atoms with Gasteiger partial charge < -0.3 is 10.7 Å². The van der Waals surface area contributed by atoms with Gasteiger partial charge in [-0.3, -0.25) is 0 Å². The van der Waals surface area contributed by atoms with Gasteiger partial charge in [0.05, 0.1) is 17.1 Å². The van der Waals surface area contributed by atoms with E-state index in [1.807, 2.05) is 24.3 Å². The summed E-state index contributed by atoms with van der Waals surface area (Å²) >= 11 is 17.1. The molecule has 0 saturated heterocycles. The van der Waals surface area contributed by atoms with Crippen molar-refractivity contribution in [3.05, 3.63) is 63.3 Å². The van der Waals surface area contributed by atoms with Crippen LogP contribution >= 0.6 is 35.4 Å². The summed E-state index contributed by atoms with van der Waals surface area (Å²) in [5.41, 5.74) is 9.92. The van der Waals surface area contributed by atoms with Crippen molar-refractivity contribution >= 4 is 41.1 Å². The molecule has 0 aliphatic carbocycles. The summed E-state index contributed by atoms with van der Waals surface area (Å²) in [6, 6.07) is 14.7. The van der Waals surface area contributed by atoms with Crippen molar-refractivity contribution in [2.75, 3.05) is 5.73 Å². The zero-order valence-corrected chi connectivity index (χ0v) is 13.6. The van der Waals surface area contributed by atoms with E-state index in [-0.39, 0.29) is 0 Å². The Morgan fingerprint density at radius 1 is 0.864 bits per heavy atom. The predicted octanol–water partition coefficient (Wildman–Crippen LogP) is 5.36. The number of H-pyrrole nitrogens is 1. The summed E-state index contributed by atoms with van der Waals surface area (Å²) in [6.07, 6.45) is 0. The van der Waals surface area contributed by atoms with Crippen LogP contribution in [0.15, 0.2) is 48.5 Å². The number of hydrogen-bond acceptors (Lipinski definition) is 3. The number of benzene rings is 2. The Balaban J connectivity index is 2.19. The van der Waals surface area contributed by atoms with E-state index in [1.54, 1.807) is 24.3 Å². The molecular formula is C16H11Cl2N3S. The van der Waals surface area contributed by atoms with Crippen LogP contribution in [0.3, 0.4) is 0 Å². The van der Waals surface area contributed by atoms with Gasteiger partial charge in [0.2, 0.25) is 0 Å². The Kier molecular flexibility index (Phi) is 4.16. The fourth-order valence-electron chi connectivity index (χ4n) is 2.15. The zero-order valence-electron chi connectivity index (χ0n) is 11.3. The Morgan fingerprint density at radius 3 is 1.91 bits per heavy atom. The number of anilines is 1. The standard InChI is InChI=1S/C16H11Cl2N3S/c17-11-5-1-9(2-6-11)14-13(19)15(21-16(22)20-14)10-3-7-12(18)8-4-10/h1-8H,19H2,(H,20,21,22). The number of aromatic nitrogens is 2. The van der Waals surface area contributed by atoms with Crippen LogP contribution in [0.5, 0.6) is 0 Å². The predicted molar refractivity (Wildman–Crippen MR) is 94.7 cm³/mol. The molecule has 0 bridgehead atoms. The second-order valence-corrected chi connectivity index (χ2v) is 5.95. The molecule has 3 aromatic rings. The molecule has 0 spiro atoms. The van der Waals surface area contributed by atoms with Crippen molar-refractivity contribution in [2.24, 2.45) is 0 Å². The number of nitrogens with two attached hydrogens (primary N) is 1.